The van der Waals surface area contributed by atoms with Crippen molar-refractivity contribution in [2.24, 2.45) is 0 Å². The van der Waals surface area contributed by atoms with E-state index in [1.165, 1.54) is 35.6 Å². The summed E-state index contributed by atoms with van der Waals surface area (Å²) in [6.07, 6.45) is -0.0234. The molecule has 0 unspecified atom stereocenters. The van der Waals surface area contributed by atoms with E-state index in [1.807, 2.05) is 0 Å². The summed E-state index contributed by atoms with van der Waals surface area (Å²) in [6, 6.07) is 8.71. The summed E-state index contributed by atoms with van der Waals surface area (Å²) >= 11 is 6.77. The molecule has 0 aliphatic heterocycles. The van der Waals surface area contributed by atoms with Crippen LogP contribution in [-0.4, -0.2) is 22.0 Å². The number of thiazole rings is 1. The van der Waals surface area contributed by atoms with Gasteiger partial charge in [-0.1, -0.05) is 29.0 Å². The highest BCUT2D eigenvalue weighted by Gasteiger charge is 2.11. The van der Waals surface area contributed by atoms with E-state index < -0.39 is 11.8 Å². The first kappa shape index (κ1) is 16.4. The van der Waals surface area contributed by atoms with Crippen LogP contribution in [0.3, 0.4) is 0 Å². The van der Waals surface area contributed by atoms with E-state index in [9.17, 15) is 14.0 Å². The molecule has 2 aromatic carbocycles. The van der Waals surface area contributed by atoms with Crippen molar-refractivity contribution in [3.63, 3.8) is 0 Å². The summed E-state index contributed by atoms with van der Waals surface area (Å²) in [5.41, 5.74) is 1.24. The maximum atomic E-state index is 13.4. The average Bonchev–Trinajstić information content (AvgIpc) is 2.91. The summed E-state index contributed by atoms with van der Waals surface area (Å²) in [4.78, 5) is 27.2. The quantitative estimate of drug-likeness (QED) is 0.734. The Bertz CT molecular complexity index is 958. The first-order valence-corrected chi connectivity index (χ1v) is 7.99. The Morgan fingerprint density at radius 1 is 1.25 bits per heavy atom. The number of carboxylic acid groups (broad SMARTS) is 1. The number of carbonyl (C=O) groups is 2. The van der Waals surface area contributed by atoms with Crippen LogP contribution in [-0.2, 0) is 11.2 Å². The lowest BCUT2D eigenvalue weighted by Crippen LogP contribution is -2.14. The molecule has 122 valence electrons. The van der Waals surface area contributed by atoms with Crippen molar-refractivity contribution in [1.82, 2.24) is 4.98 Å². The van der Waals surface area contributed by atoms with E-state index in [2.05, 4.69) is 10.3 Å². The van der Waals surface area contributed by atoms with Gasteiger partial charge in [-0.05, 0) is 35.9 Å². The Morgan fingerprint density at radius 3 is 2.75 bits per heavy atom. The molecule has 3 rings (SSSR count). The maximum Gasteiger partial charge on any atom is 0.335 e. The number of aromatic nitrogens is 1. The van der Waals surface area contributed by atoms with Gasteiger partial charge in [0.2, 0.25) is 5.91 Å². The summed E-state index contributed by atoms with van der Waals surface area (Å²) in [6.45, 7) is 0. The highest BCUT2D eigenvalue weighted by molar-refractivity contribution is 7.22. The third kappa shape index (κ3) is 3.52. The monoisotopic (exact) mass is 364 g/mol. The standard InChI is InChI=1S/C16H10ClFN2O3S/c17-10-3-1-8(5-11(10)18)6-14(21)20-16-19-12-4-2-9(15(22)23)7-13(12)24-16/h1-5,7H,6H2,(H,22,23)(H,19,20,21). The number of hydrogen-bond acceptors (Lipinski definition) is 4. The molecule has 0 saturated carbocycles. The molecule has 1 aromatic heterocycles. The highest BCUT2D eigenvalue weighted by atomic mass is 35.5. The molecule has 8 heteroatoms. The van der Waals surface area contributed by atoms with Gasteiger partial charge in [-0.3, -0.25) is 4.79 Å². The Kier molecular flexibility index (Phi) is 4.46. The second-order valence-electron chi connectivity index (χ2n) is 4.98. The molecule has 5 nitrogen and oxygen atoms in total. The van der Waals surface area contributed by atoms with Gasteiger partial charge in [0.1, 0.15) is 5.82 Å². The topological polar surface area (TPSA) is 79.3 Å². The molecule has 0 aliphatic carbocycles. The van der Waals surface area contributed by atoms with Crippen LogP contribution in [0.2, 0.25) is 5.02 Å². The van der Waals surface area contributed by atoms with Crippen molar-refractivity contribution in [2.45, 2.75) is 6.42 Å². The first-order valence-electron chi connectivity index (χ1n) is 6.80. The lowest BCUT2D eigenvalue weighted by atomic mass is 10.1. The van der Waals surface area contributed by atoms with Crippen LogP contribution in [0, 0.1) is 5.82 Å². The number of rotatable bonds is 4. The van der Waals surface area contributed by atoms with E-state index >= 15 is 0 Å². The summed E-state index contributed by atoms with van der Waals surface area (Å²) in [5.74, 6) is -1.96. The van der Waals surface area contributed by atoms with Crippen LogP contribution in [0.5, 0.6) is 0 Å². The summed E-state index contributed by atoms with van der Waals surface area (Å²) < 4.78 is 14.0. The lowest BCUT2D eigenvalue weighted by molar-refractivity contribution is -0.115. The molecule has 1 heterocycles. The molecule has 0 aliphatic rings. The van der Waals surface area contributed by atoms with Crippen LogP contribution in [0.15, 0.2) is 36.4 Å². The minimum atomic E-state index is -1.03. The van der Waals surface area contributed by atoms with Gasteiger partial charge in [0, 0.05) is 0 Å². The van der Waals surface area contributed by atoms with Gasteiger partial charge in [0.05, 0.1) is 27.2 Å². The van der Waals surface area contributed by atoms with Crippen LogP contribution in [0.1, 0.15) is 15.9 Å². The molecule has 0 saturated heterocycles. The number of halogens is 2. The van der Waals surface area contributed by atoms with Crippen molar-refractivity contribution in [1.29, 1.82) is 0 Å². The van der Waals surface area contributed by atoms with Gasteiger partial charge in [-0.15, -0.1) is 0 Å². The fourth-order valence-corrected chi connectivity index (χ4v) is 3.15. The van der Waals surface area contributed by atoms with Crippen molar-refractivity contribution in [3.8, 4) is 0 Å². The van der Waals surface area contributed by atoms with Gasteiger partial charge in [0.25, 0.3) is 0 Å². The largest absolute Gasteiger partial charge is 0.478 e. The molecule has 0 fully saturated rings. The number of hydrogen-bond donors (Lipinski definition) is 2. The predicted molar refractivity (Wildman–Crippen MR) is 90.3 cm³/mol. The van der Waals surface area contributed by atoms with Gasteiger partial charge < -0.3 is 10.4 Å². The van der Waals surface area contributed by atoms with Crippen molar-refractivity contribution >= 4 is 50.2 Å². The van der Waals surface area contributed by atoms with Crippen LogP contribution >= 0.6 is 22.9 Å². The number of amides is 1. The fourth-order valence-electron chi connectivity index (χ4n) is 2.11. The summed E-state index contributed by atoms with van der Waals surface area (Å²) in [7, 11) is 0. The fraction of sp³-hybridized carbons (Fsp3) is 0.0625. The van der Waals surface area contributed by atoms with Crippen molar-refractivity contribution in [2.75, 3.05) is 5.32 Å². The number of nitrogens with zero attached hydrogens (tertiary/aromatic N) is 1. The molecule has 24 heavy (non-hydrogen) atoms. The molecular formula is C16H10ClFN2O3S. The third-order valence-corrected chi connectivity index (χ3v) is 4.47. The number of carboxylic acids is 1. The molecule has 0 atom stereocenters. The Morgan fingerprint density at radius 2 is 2.04 bits per heavy atom. The Balaban J connectivity index is 1.75. The van der Waals surface area contributed by atoms with E-state index in [4.69, 9.17) is 16.7 Å². The molecule has 3 aromatic rings. The van der Waals surface area contributed by atoms with Crippen molar-refractivity contribution < 1.29 is 19.1 Å². The van der Waals surface area contributed by atoms with Crippen LogP contribution in [0.4, 0.5) is 9.52 Å². The zero-order valence-corrected chi connectivity index (χ0v) is 13.6. The van der Waals surface area contributed by atoms with E-state index in [0.29, 0.717) is 20.9 Å². The van der Waals surface area contributed by atoms with E-state index in [-0.39, 0.29) is 22.9 Å². The predicted octanol–water partition coefficient (Wildman–Crippen LogP) is 3.97. The van der Waals surface area contributed by atoms with Crippen molar-refractivity contribution in [3.05, 3.63) is 58.4 Å². The van der Waals surface area contributed by atoms with Crippen LogP contribution < -0.4 is 5.32 Å². The highest BCUT2D eigenvalue weighted by Crippen LogP contribution is 2.27. The maximum absolute atomic E-state index is 13.4. The number of carbonyl (C=O) groups excluding carboxylic acids is 1. The summed E-state index contributed by atoms with van der Waals surface area (Å²) in [5, 5.41) is 12.0. The minimum Gasteiger partial charge on any atom is -0.478 e. The van der Waals surface area contributed by atoms with Crippen LogP contribution in [0.25, 0.3) is 10.2 Å². The van der Waals surface area contributed by atoms with Gasteiger partial charge in [0.15, 0.2) is 5.13 Å². The lowest BCUT2D eigenvalue weighted by Gasteiger charge is -2.03. The number of nitrogens with one attached hydrogen (secondary N) is 1. The molecule has 2 N–H and O–H groups in total. The number of anilines is 1. The molecule has 0 bridgehead atoms. The van der Waals surface area contributed by atoms with E-state index in [1.54, 1.807) is 12.1 Å². The zero-order valence-electron chi connectivity index (χ0n) is 12.0. The SMILES string of the molecule is O=C(Cc1ccc(Cl)c(F)c1)Nc1nc2ccc(C(=O)O)cc2s1. The molecular weight excluding hydrogens is 355 g/mol. The number of aromatic carboxylic acids is 1. The Hall–Kier alpha value is -2.51. The first-order chi connectivity index (χ1) is 11.4. The Labute approximate surface area is 144 Å². The second-order valence-corrected chi connectivity index (χ2v) is 6.42. The molecule has 0 radical (unpaired) electrons. The number of fused-ring (bicyclic) bond motifs is 1. The van der Waals surface area contributed by atoms with Gasteiger partial charge in [-0.2, -0.15) is 0 Å². The smallest absolute Gasteiger partial charge is 0.335 e. The molecule has 1 amide bonds. The zero-order chi connectivity index (χ0) is 17.3. The minimum absolute atomic E-state index is 0.000402. The molecule has 0 spiro atoms. The van der Waals surface area contributed by atoms with Gasteiger partial charge >= 0.3 is 5.97 Å². The normalized spacial score (nSPS) is 10.8. The number of benzene rings is 2. The van der Waals surface area contributed by atoms with Gasteiger partial charge in [-0.25, -0.2) is 14.2 Å². The second kappa shape index (κ2) is 6.54. The van der Waals surface area contributed by atoms with E-state index in [0.717, 1.165) is 0 Å². The average molecular weight is 365 g/mol. The third-order valence-electron chi connectivity index (χ3n) is 3.23.